The monoisotopic (exact) mass is 222 g/mol. The third kappa shape index (κ3) is 4.78. The van der Waals surface area contributed by atoms with E-state index in [2.05, 4.69) is 26.8 Å². The summed E-state index contributed by atoms with van der Waals surface area (Å²) < 4.78 is -0.657. The van der Waals surface area contributed by atoms with Crippen LogP contribution in [0, 0.1) is 0 Å². The van der Waals surface area contributed by atoms with Gasteiger partial charge in [-0.2, -0.15) is 0 Å². The molecule has 0 fully saturated rings. The molecule has 0 aliphatic heterocycles. The summed E-state index contributed by atoms with van der Waals surface area (Å²) in [6, 6.07) is 0. The normalized spacial score (nSPS) is 10.5. The second-order valence-corrected chi connectivity index (χ2v) is 4.59. The van der Waals surface area contributed by atoms with Crippen molar-refractivity contribution in [1.29, 1.82) is 0 Å². The number of hydrogen-bond donors (Lipinski definition) is 2. The predicted molar refractivity (Wildman–Crippen MR) is 45.0 cm³/mol. The molecular formula is C6H11BrN2O2. The van der Waals surface area contributed by atoms with E-state index >= 15 is 0 Å². The van der Waals surface area contributed by atoms with Gasteiger partial charge in [0.25, 0.3) is 5.91 Å². The number of carbonyl (C=O) groups excluding carboxylic acids is 2. The number of carbonyl (C=O) groups is 2. The average Bonchev–Trinajstić information content (AvgIpc) is 1.80. The van der Waals surface area contributed by atoms with Gasteiger partial charge in [-0.1, -0.05) is 15.9 Å². The van der Waals surface area contributed by atoms with Crippen LogP contribution >= 0.6 is 15.9 Å². The molecule has 0 aliphatic carbocycles. The first-order valence-corrected chi connectivity index (χ1v) is 3.89. The zero-order valence-corrected chi connectivity index (χ0v) is 8.28. The van der Waals surface area contributed by atoms with Crippen LogP contribution in [0.15, 0.2) is 0 Å². The van der Waals surface area contributed by atoms with Crippen LogP contribution in [0.1, 0.15) is 20.8 Å². The molecule has 11 heavy (non-hydrogen) atoms. The molecule has 2 N–H and O–H groups in total. The zero-order chi connectivity index (χ0) is 9.07. The maximum Gasteiger partial charge on any atom is 0.254 e. The van der Waals surface area contributed by atoms with Crippen LogP contribution in [-0.4, -0.2) is 16.1 Å². The van der Waals surface area contributed by atoms with Gasteiger partial charge in [0.05, 0.1) is 0 Å². The lowest BCUT2D eigenvalue weighted by Gasteiger charge is -2.15. The van der Waals surface area contributed by atoms with Gasteiger partial charge in [0.15, 0.2) is 0 Å². The maximum absolute atomic E-state index is 11.0. The number of alkyl halides is 1. The lowest BCUT2D eigenvalue weighted by Crippen LogP contribution is -2.47. The molecule has 0 spiro atoms. The highest BCUT2D eigenvalue weighted by molar-refractivity contribution is 9.10. The first-order chi connectivity index (χ1) is 4.84. The molecule has 5 heteroatoms. The highest BCUT2D eigenvalue weighted by Gasteiger charge is 2.23. The third-order valence-electron chi connectivity index (χ3n) is 0.892. The molecule has 0 aromatic rings. The topological polar surface area (TPSA) is 58.2 Å². The fraction of sp³-hybridized carbons (Fsp3) is 0.667. The second kappa shape index (κ2) is 3.71. The Morgan fingerprint density at radius 3 is 2.00 bits per heavy atom. The van der Waals surface area contributed by atoms with Crippen molar-refractivity contribution in [3.05, 3.63) is 0 Å². The Balaban J connectivity index is 3.80. The predicted octanol–water partition coefficient (Wildman–Crippen LogP) is 0.327. The number of halogens is 1. The van der Waals surface area contributed by atoms with E-state index in [-0.39, 0.29) is 11.8 Å². The summed E-state index contributed by atoms with van der Waals surface area (Å²) in [4.78, 5) is 21.3. The Morgan fingerprint density at radius 1 is 1.27 bits per heavy atom. The minimum atomic E-state index is -0.657. The number of hydrogen-bond acceptors (Lipinski definition) is 2. The number of nitrogens with one attached hydrogen (secondary N) is 2. The molecule has 0 aliphatic rings. The van der Waals surface area contributed by atoms with E-state index in [0.29, 0.717) is 0 Å². The van der Waals surface area contributed by atoms with Crippen molar-refractivity contribution in [2.45, 2.75) is 25.1 Å². The van der Waals surface area contributed by atoms with Gasteiger partial charge in [0, 0.05) is 6.92 Å². The molecule has 0 saturated carbocycles. The number of hydrazine groups is 1. The number of rotatable bonds is 1. The van der Waals surface area contributed by atoms with Crippen molar-refractivity contribution < 1.29 is 9.59 Å². The summed E-state index contributed by atoms with van der Waals surface area (Å²) in [5.74, 6) is -0.581. The van der Waals surface area contributed by atoms with E-state index in [1.165, 1.54) is 6.92 Å². The molecule has 0 atom stereocenters. The molecule has 2 amide bonds. The molecule has 0 bridgehead atoms. The molecule has 0 heterocycles. The van der Waals surface area contributed by atoms with Crippen molar-refractivity contribution in [3.8, 4) is 0 Å². The van der Waals surface area contributed by atoms with Crippen LogP contribution in [0.4, 0.5) is 0 Å². The molecule has 0 aromatic carbocycles. The molecule has 0 aromatic heterocycles. The van der Waals surface area contributed by atoms with Gasteiger partial charge < -0.3 is 0 Å². The van der Waals surface area contributed by atoms with Crippen LogP contribution in [0.5, 0.6) is 0 Å². The second-order valence-electron chi connectivity index (χ2n) is 2.61. The molecule has 0 unspecified atom stereocenters. The smallest absolute Gasteiger partial charge is 0.254 e. The third-order valence-corrected chi connectivity index (χ3v) is 1.25. The van der Waals surface area contributed by atoms with E-state index in [4.69, 9.17) is 0 Å². The summed E-state index contributed by atoms with van der Waals surface area (Å²) in [6.07, 6.45) is 0. The summed E-state index contributed by atoms with van der Waals surface area (Å²) >= 11 is 3.13. The van der Waals surface area contributed by atoms with Crippen molar-refractivity contribution in [1.82, 2.24) is 10.9 Å². The van der Waals surface area contributed by atoms with Crippen LogP contribution in [0.25, 0.3) is 0 Å². The molecule has 64 valence electrons. The van der Waals surface area contributed by atoms with Crippen molar-refractivity contribution >= 4 is 27.7 Å². The van der Waals surface area contributed by atoms with Crippen molar-refractivity contribution in [2.24, 2.45) is 0 Å². The van der Waals surface area contributed by atoms with Crippen LogP contribution in [0.2, 0.25) is 0 Å². The molecule has 4 nitrogen and oxygen atoms in total. The van der Waals surface area contributed by atoms with Crippen LogP contribution < -0.4 is 10.9 Å². The molecule has 0 saturated heterocycles. The Hall–Kier alpha value is -0.580. The summed E-state index contributed by atoms with van der Waals surface area (Å²) in [5, 5.41) is 0. The Labute approximate surface area is 73.8 Å². The van der Waals surface area contributed by atoms with Crippen LogP contribution in [0.3, 0.4) is 0 Å². The van der Waals surface area contributed by atoms with E-state index in [1.54, 1.807) is 13.8 Å². The van der Waals surface area contributed by atoms with Crippen LogP contribution in [-0.2, 0) is 9.59 Å². The van der Waals surface area contributed by atoms with Gasteiger partial charge in [-0.25, -0.2) is 0 Å². The van der Waals surface area contributed by atoms with Gasteiger partial charge in [-0.15, -0.1) is 0 Å². The largest absolute Gasteiger partial charge is 0.274 e. The highest BCUT2D eigenvalue weighted by atomic mass is 79.9. The molecule has 0 radical (unpaired) electrons. The quantitative estimate of drug-likeness (QED) is 0.497. The van der Waals surface area contributed by atoms with E-state index < -0.39 is 4.32 Å². The van der Waals surface area contributed by atoms with Gasteiger partial charge in [-0.05, 0) is 13.8 Å². The first-order valence-electron chi connectivity index (χ1n) is 3.10. The Bertz CT molecular complexity index is 174. The standard InChI is InChI=1S/C6H11BrN2O2/c1-4(10)8-9-5(11)6(2,3)7/h1-3H3,(H,8,10)(H,9,11). The lowest BCUT2D eigenvalue weighted by atomic mass is 10.2. The van der Waals surface area contributed by atoms with E-state index in [0.717, 1.165) is 0 Å². The highest BCUT2D eigenvalue weighted by Crippen LogP contribution is 2.14. The van der Waals surface area contributed by atoms with Gasteiger partial charge in [-0.3, -0.25) is 20.4 Å². The lowest BCUT2D eigenvalue weighted by molar-refractivity contribution is -0.128. The average molecular weight is 223 g/mol. The van der Waals surface area contributed by atoms with Gasteiger partial charge in [0.1, 0.15) is 4.32 Å². The summed E-state index contributed by atoms with van der Waals surface area (Å²) in [6.45, 7) is 4.69. The Morgan fingerprint density at radius 2 is 1.73 bits per heavy atom. The molecular weight excluding hydrogens is 212 g/mol. The summed E-state index contributed by atoms with van der Waals surface area (Å²) in [5.41, 5.74) is 4.42. The minimum Gasteiger partial charge on any atom is -0.274 e. The SMILES string of the molecule is CC(=O)NNC(=O)C(C)(C)Br. The van der Waals surface area contributed by atoms with Gasteiger partial charge in [0.2, 0.25) is 5.91 Å². The first kappa shape index (κ1) is 10.4. The fourth-order valence-corrected chi connectivity index (χ4v) is 0.393. The maximum atomic E-state index is 11.0. The fourth-order valence-electron chi connectivity index (χ4n) is 0.293. The van der Waals surface area contributed by atoms with Crippen molar-refractivity contribution in [3.63, 3.8) is 0 Å². The zero-order valence-electron chi connectivity index (χ0n) is 6.69. The van der Waals surface area contributed by atoms with Crippen molar-refractivity contribution in [2.75, 3.05) is 0 Å². The van der Waals surface area contributed by atoms with E-state index in [1.807, 2.05) is 0 Å². The molecule has 0 rings (SSSR count). The number of amides is 2. The Kier molecular flexibility index (Phi) is 3.51. The van der Waals surface area contributed by atoms with E-state index in [9.17, 15) is 9.59 Å². The van der Waals surface area contributed by atoms with Gasteiger partial charge >= 0.3 is 0 Å². The summed E-state index contributed by atoms with van der Waals surface area (Å²) in [7, 11) is 0. The minimum absolute atomic E-state index is 0.285.